The molecule has 1 aliphatic heterocycles. The van der Waals surface area contributed by atoms with Crippen LogP contribution in [0.1, 0.15) is 12.0 Å². The van der Waals surface area contributed by atoms with Crippen LogP contribution in [0.2, 0.25) is 0 Å². The molecule has 1 N–H and O–H groups in total. The van der Waals surface area contributed by atoms with Gasteiger partial charge in [-0.1, -0.05) is 15.9 Å². The van der Waals surface area contributed by atoms with E-state index < -0.39 is 6.10 Å². The molecule has 5 heteroatoms. The highest BCUT2D eigenvalue weighted by Crippen LogP contribution is 2.19. The number of halogens is 2. The Labute approximate surface area is 128 Å². The lowest BCUT2D eigenvalue weighted by Gasteiger charge is -2.38. The third-order valence-corrected chi connectivity index (χ3v) is 4.48. The summed E-state index contributed by atoms with van der Waals surface area (Å²) >= 11 is 3.34. The van der Waals surface area contributed by atoms with Gasteiger partial charge in [0.15, 0.2) is 0 Å². The van der Waals surface area contributed by atoms with Gasteiger partial charge in [-0.25, -0.2) is 4.39 Å². The molecule has 3 nitrogen and oxygen atoms in total. The second kappa shape index (κ2) is 6.98. The maximum Gasteiger partial charge on any atom is 0.126 e. The molecule has 0 amide bonds. The summed E-state index contributed by atoms with van der Waals surface area (Å²) in [5, 5.41) is 10.2. The van der Waals surface area contributed by atoms with Gasteiger partial charge in [0.1, 0.15) is 5.82 Å². The molecule has 20 heavy (non-hydrogen) atoms. The van der Waals surface area contributed by atoms with Crippen LogP contribution in [-0.4, -0.2) is 60.8 Å². The van der Waals surface area contributed by atoms with Gasteiger partial charge in [0.25, 0.3) is 0 Å². The van der Waals surface area contributed by atoms with Crippen LogP contribution in [0.4, 0.5) is 4.39 Å². The topological polar surface area (TPSA) is 26.7 Å². The molecule has 1 fully saturated rings. The van der Waals surface area contributed by atoms with E-state index in [1.165, 1.54) is 6.07 Å². The first-order chi connectivity index (χ1) is 9.45. The quantitative estimate of drug-likeness (QED) is 0.906. The second-order valence-electron chi connectivity index (χ2n) is 5.73. The van der Waals surface area contributed by atoms with Crippen LogP contribution in [-0.2, 0) is 6.42 Å². The molecule has 1 aliphatic rings. The van der Waals surface area contributed by atoms with Crippen LogP contribution in [0.5, 0.6) is 0 Å². The van der Waals surface area contributed by atoms with Gasteiger partial charge in [-0.3, -0.25) is 0 Å². The average Bonchev–Trinajstić information content (AvgIpc) is 2.38. The van der Waals surface area contributed by atoms with E-state index in [1.807, 2.05) is 0 Å². The summed E-state index contributed by atoms with van der Waals surface area (Å²) < 4.78 is 14.5. The van der Waals surface area contributed by atoms with Crippen molar-refractivity contribution in [2.75, 3.05) is 33.7 Å². The summed E-state index contributed by atoms with van der Waals surface area (Å²) in [5.41, 5.74) is 0.568. The Bertz CT molecular complexity index is 457. The molecule has 0 bridgehead atoms. The predicted octanol–water partition coefficient (Wildman–Crippen LogP) is 2.13. The van der Waals surface area contributed by atoms with Gasteiger partial charge in [0.2, 0.25) is 0 Å². The van der Waals surface area contributed by atoms with Crippen LogP contribution in [0.3, 0.4) is 0 Å². The van der Waals surface area contributed by atoms with Crippen molar-refractivity contribution in [3.63, 3.8) is 0 Å². The summed E-state index contributed by atoms with van der Waals surface area (Å²) in [5.74, 6) is -0.249. The summed E-state index contributed by atoms with van der Waals surface area (Å²) in [6.45, 7) is 3.02. The van der Waals surface area contributed by atoms with Crippen molar-refractivity contribution in [1.82, 2.24) is 9.80 Å². The van der Waals surface area contributed by atoms with Gasteiger partial charge < -0.3 is 14.9 Å². The fraction of sp³-hybridized carbons (Fsp3) is 0.600. The number of nitrogens with zero attached hydrogens (tertiary/aromatic N) is 2. The monoisotopic (exact) mass is 344 g/mol. The Balaban J connectivity index is 1.94. The number of piperazine rings is 1. The first kappa shape index (κ1) is 15.9. The van der Waals surface area contributed by atoms with Gasteiger partial charge in [-0.2, -0.15) is 0 Å². The summed E-state index contributed by atoms with van der Waals surface area (Å²) in [6.07, 6.45) is 0.518. The van der Waals surface area contributed by atoms with Crippen molar-refractivity contribution in [2.45, 2.75) is 25.0 Å². The summed E-state index contributed by atoms with van der Waals surface area (Å²) in [7, 11) is 4.18. The Hall–Kier alpha value is -0.490. The molecule has 112 valence electrons. The number of benzene rings is 1. The molecule has 0 aliphatic carbocycles. The zero-order valence-electron chi connectivity index (χ0n) is 12.0. The van der Waals surface area contributed by atoms with E-state index in [0.29, 0.717) is 24.4 Å². The highest BCUT2D eigenvalue weighted by molar-refractivity contribution is 9.10. The molecule has 1 saturated heterocycles. The van der Waals surface area contributed by atoms with Crippen LogP contribution < -0.4 is 0 Å². The predicted molar refractivity (Wildman–Crippen MR) is 82.3 cm³/mol. The largest absolute Gasteiger partial charge is 0.393 e. The average molecular weight is 345 g/mol. The van der Waals surface area contributed by atoms with E-state index in [0.717, 1.165) is 24.1 Å². The molecular weight excluding hydrogens is 323 g/mol. The van der Waals surface area contributed by atoms with Crippen molar-refractivity contribution >= 4 is 15.9 Å². The van der Waals surface area contributed by atoms with Gasteiger partial charge in [0.05, 0.1) is 6.10 Å². The number of aliphatic hydroxyl groups excluding tert-OH is 1. The smallest absolute Gasteiger partial charge is 0.126 e. The number of likely N-dealkylation sites (N-methyl/N-ethyl adjacent to an activating group) is 2. The lowest BCUT2D eigenvalue weighted by Crippen LogP contribution is -2.51. The SMILES string of the molecule is CN1CCN(C)C(CC(O)Cc2cc(Br)ccc2F)C1. The van der Waals surface area contributed by atoms with E-state index in [4.69, 9.17) is 0 Å². The standard InChI is InChI=1S/C15H22BrFN2O/c1-18-5-6-19(2)13(10-18)9-14(20)8-11-7-12(16)3-4-15(11)17/h3-4,7,13-14,20H,5-6,8-10H2,1-2H3. The van der Waals surface area contributed by atoms with Gasteiger partial charge in [-0.05, 0) is 44.3 Å². The lowest BCUT2D eigenvalue weighted by atomic mass is 9.99. The second-order valence-corrected chi connectivity index (χ2v) is 6.64. The number of aliphatic hydroxyl groups is 1. The maximum absolute atomic E-state index is 13.7. The maximum atomic E-state index is 13.7. The van der Waals surface area contributed by atoms with Gasteiger partial charge in [0, 0.05) is 36.6 Å². The van der Waals surface area contributed by atoms with Crippen molar-refractivity contribution in [3.05, 3.63) is 34.1 Å². The Morgan fingerprint density at radius 3 is 2.90 bits per heavy atom. The van der Waals surface area contributed by atoms with Gasteiger partial charge in [-0.15, -0.1) is 0 Å². The molecule has 2 atom stereocenters. The van der Waals surface area contributed by atoms with E-state index in [2.05, 4.69) is 39.8 Å². The van der Waals surface area contributed by atoms with Crippen molar-refractivity contribution in [3.8, 4) is 0 Å². The molecule has 0 aromatic heterocycles. The van der Waals surface area contributed by atoms with Crippen LogP contribution in [0.15, 0.2) is 22.7 Å². The molecule has 1 aromatic rings. The molecule has 2 rings (SSSR count). The van der Waals surface area contributed by atoms with Crippen LogP contribution in [0, 0.1) is 5.82 Å². The lowest BCUT2D eigenvalue weighted by molar-refractivity contribution is 0.0636. The first-order valence-corrected chi connectivity index (χ1v) is 7.76. The van der Waals surface area contributed by atoms with Crippen molar-refractivity contribution in [2.24, 2.45) is 0 Å². The molecule has 2 unspecified atom stereocenters. The third-order valence-electron chi connectivity index (χ3n) is 3.99. The molecule has 0 radical (unpaired) electrons. The van der Waals surface area contributed by atoms with E-state index in [-0.39, 0.29) is 5.82 Å². The van der Waals surface area contributed by atoms with E-state index in [1.54, 1.807) is 12.1 Å². The number of rotatable bonds is 4. The fourth-order valence-corrected chi connectivity index (χ4v) is 3.12. The molecule has 1 aromatic carbocycles. The minimum atomic E-state index is -0.516. The summed E-state index contributed by atoms with van der Waals surface area (Å²) in [4.78, 5) is 4.55. The highest BCUT2D eigenvalue weighted by atomic mass is 79.9. The first-order valence-electron chi connectivity index (χ1n) is 6.96. The summed E-state index contributed by atoms with van der Waals surface area (Å²) in [6, 6.07) is 5.19. The molecule has 0 saturated carbocycles. The molecule has 1 heterocycles. The number of hydrogen-bond donors (Lipinski definition) is 1. The van der Waals surface area contributed by atoms with Crippen molar-refractivity contribution in [1.29, 1.82) is 0 Å². The Morgan fingerprint density at radius 2 is 2.15 bits per heavy atom. The zero-order valence-corrected chi connectivity index (χ0v) is 13.6. The number of hydrogen-bond acceptors (Lipinski definition) is 3. The zero-order chi connectivity index (χ0) is 14.7. The van der Waals surface area contributed by atoms with Crippen molar-refractivity contribution < 1.29 is 9.50 Å². The van der Waals surface area contributed by atoms with Crippen LogP contribution in [0.25, 0.3) is 0 Å². The van der Waals surface area contributed by atoms with Crippen LogP contribution >= 0.6 is 15.9 Å². The normalized spacial score (nSPS) is 22.9. The molecule has 0 spiro atoms. The fourth-order valence-electron chi connectivity index (χ4n) is 2.71. The Kier molecular flexibility index (Phi) is 5.55. The highest BCUT2D eigenvalue weighted by Gasteiger charge is 2.25. The minimum absolute atomic E-state index is 0.249. The van der Waals surface area contributed by atoms with E-state index >= 15 is 0 Å². The minimum Gasteiger partial charge on any atom is -0.393 e. The van der Waals surface area contributed by atoms with E-state index in [9.17, 15) is 9.50 Å². The van der Waals surface area contributed by atoms with Gasteiger partial charge >= 0.3 is 0 Å². The third kappa shape index (κ3) is 4.25. The molecular formula is C15H22BrFN2O. The Morgan fingerprint density at radius 1 is 1.40 bits per heavy atom.